The van der Waals surface area contributed by atoms with Crippen LogP contribution in [0.25, 0.3) is 0 Å². The van der Waals surface area contributed by atoms with Gasteiger partial charge in [-0.2, -0.15) is 0 Å². The average molecular weight is 262 g/mol. The van der Waals surface area contributed by atoms with E-state index in [-0.39, 0.29) is 23.8 Å². The third kappa shape index (κ3) is 5.12. The molecule has 19 heavy (non-hydrogen) atoms. The van der Waals surface area contributed by atoms with Crippen LogP contribution in [-0.4, -0.2) is 24.9 Å². The van der Waals surface area contributed by atoms with Crippen molar-refractivity contribution in [3.8, 4) is 0 Å². The molecule has 0 heterocycles. The molecule has 2 amide bonds. The smallest absolute Gasteiger partial charge is 0.239 e. The van der Waals surface area contributed by atoms with E-state index in [0.29, 0.717) is 13.0 Å². The molecular formula is C15H22N2O2. The van der Waals surface area contributed by atoms with Gasteiger partial charge in [-0.25, -0.2) is 0 Å². The van der Waals surface area contributed by atoms with Crippen LogP contribution < -0.4 is 10.6 Å². The van der Waals surface area contributed by atoms with Gasteiger partial charge in [-0.15, -0.1) is 0 Å². The van der Waals surface area contributed by atoms with Crippen molar-refractivity contribution in [2.24, 2.45) is 0 Å². The summed E-state index contributed by atoms with van der Waals surface area (Å²) in [6, 6.07) is 10.0. The first-order valence-electron chi connectivity index (χ1n) is 6.54. The summed E-state index contributed by atoms with van der Waals surface area (Å²) in [7, 11) is 0. The lowest BCUT2D eigenvalue weighted by atomic mass is 9.84. The van der Waals surface area contributed by atoms with Gasteiger partial charge in [-0.05, 0) is 5.56 Å². The van der Waals surface area contributed by atoms with Crippen molar-refractivity contribution in [2.75, 3.05) is 13.1 Å². The number of hydrogen-bond acceptors (Lipinski definition) is 2. The second-order valence-corrected chi connectivity index (χ2v) is 5.16. The van der Waals surface area contributed by atoms with Crippen molar-refractivity contribution in [1.29, 1.82) is 0 Å². The van der Waals surface area contributed by atoms with E-state index in [9.17, 15) is 9.59 Å². The molecule has 0 bridgehead atoms. The molecule has 0 aromatic heterocycles. The average Bonchev–Trinajstić information content (AvgIpc) is 2.43. The summed E-state index contributed by atoms with van der Waals surface area (Å²) in [6.45, 7) is 6.49. The number of benzene rings is 1. The van der Waals surface area contributed by atoms with Crippen LogP contribution in [0.15, 0.2) is 30.3 Å². The molecule has 0 unspecified atom stereocenters. The number of carbonyl (C=O) groups excluding carboxylic acids is 2. The molecular weight excluding hydrogens is 240 g/mol. The molecule has 104 valence electrons. The third-order valence-corrected chi connectivity index (χ3v) is 3.05. The van der Waals surface area contributed by atoms with Gasteiger partial charge >= 0.3 is 0 Å². The van der Waals surface area contributed by atoms with E-state index in [1.54, 1.807) is 6.92 Å². The highest BCUT2D eigenvalue weighted by atomic mass is 16.2. The van der Waals surface area contributed by atoms with Crippen molar-refractivity contribution in [3.63, 3.8) is 0 Å². The van der Waals surface area contributed by atoms with Gasteiger partial charge in [0, 0.05) is 18.4 Å². The highest BCUT2D eigenvalue weighted by Gasteiger charge is 2.20. The first-order valence-corrected chi connectivity index (χ1v) is 6.54. The van der Waals surface area contributed by atoms with Crippen molar-refractivity contribution in [2.45, 2.75) is 32.6 Å². The fourth-order valence-electron chi connectivity index (χ4n) is 1.68. The van der Waals surface area contributed by atoms with E-state index >= 15 is 0 Å². The monoisotopic (exact) mass is 262 g/mol. The standard InChI is InChI=1S/C15H22N2O2/c1-4-13(18)16-10-14(19)17-11-15(2,3)12-8-6-5-7-9-12/h5-9H,4,10-11H2,1-3H3,(H,16,18)(H,17,19). The Balaban J connectivity index is 2.43. The summed E-state index contributed by atoms with van der Waals surface area (Å²) < 4.78 is 0. The Morgan fingerprint density at radius 2 is 1.68 bits per heavy atom. The lowest BCUT2D eigenvalue weighted by Gasteiger charge is -2.25. The first-order chi connectivity index (χ1) is 8.95. The first kappa shape index (κ1) is 15.2. The Bertz CT molecular complexity index is 427. The Morgan fingerprint density at radius 1 is 1.05 bits per heavy atom. The van der Waals surface area contributed by atoms with Gasteiger partial charge in [-0.3, -0.25) is 9.59 Å². The topological polar surface area (TPSA) is 58.2 Å². The molecule has 0 aliphatic heterocycles. The SMILES string of the molecule is CCC(=O)NCC(=O)NCC(C)(C)c1ccccc1. The van der Waals surface area contributed by atoms with Gasteiger partial charge in [0.1, 0.15) is 0 Å². The predicted octanol–water partition coefficient (Wildman–Crippen LogP) is 1.61. The van der Waals surface area contributed by atoms with E-state index < -0.39 is 0 Å². The lowest BCUT2D eigenvalue weighted by molar-refractivity contribution is -0.126. The van der Waals surface area contributed by atoms with Crippen molar-refractivity contribution in [1.82, 2.24) is 10.6 Å². The van der Waals surface area contributed by atoms with E-state index in [1.165, 1.54) is 5.56 Å². The Morgan fingerprint density at radius 3 is 2.26 bits per heavy atom. The Labute approximate surface area is 114 Å². The summed E-state index contributed by atoms with van der Waals surface area (Å²) in [5, 5.41) is 5.40. The van der Waals surface area contributed by atoms with Crippen molar-refractivity contribution >= 4 is 11.8 Å². The third-order valence-electron chi connectivity index (χ3n) is 3.05. The molecule has 2 N–H and O–H groups in total. The number of nitrogens with one attached hydrogen (secondary N) is 2. The molecule has 1 aromatic rings. The summed E-state index contributed by atoms with van der Waals surface area (Å²) in [6.07, 6.45) is 0.392. The molecule has 0 saturated carbocycles. The molecule has 1 rings (SSSR count). The zero-order chi connectivity index (χ0) is 14.3. The fourth-order valence-corrected chi connectivity index (χ4v) is 1.68. The minimum atomic E-state index is -0.161. The van der Waals surface area contributed by atoms with Crippen molar-refractivity contribution in [3.05, 3.63) is 35.9 Å². The maximum Gasteiger partial charge on any atom is 0.239 e. The van der Waals surface area contributed by atoms with Crippen molar-refractivity contribution < 1.29 is 9.59 Å². The molecule has 0 aliphatic rings. The normalized spacial score (nSPS) is 10.9. The van der Waals surface area contributed by atoms with Gasteiger partial charge in [0.25, 0.3) is 0 Å². The van der Waals surface area contributed by atoms with Gasteiger partial charge in [-0.1, -0.05) is 51.1 Å². The van der Waals surface area contributed by atoms with Crippen LogP contribution in [0.2, 0.25) is 0 Å². The van der Waals surface area contributed by atoms with Gasteiger partial charge in [0.2, 0.25) is 11.8 Å². The molecule has 4 nitrogen and oxygen atoms in total. The van der Waals surface area contributed by atoms with Crippen LogP contribution in [0, 0.1) is 0 Å². The largest absolute Gasteiger partial charge is 0.354 e. The highest BCUT2D eigenvalue weighted by Crippen LogP contribution is 2.21. The molecule has 0 saturated heterocycles. The highest BCUT2D eigenvalue weighted by molar-refractivity contribution is 5.84. The van der Waals surface area contributed by atoms with Gasteiger partial charge in [0.15, 0.2) is 0 Å². The van der Waals surface area contributed by atoms with E-state index in [1.807, 2.05) is 30.3 Å². The summed E-state index contributed by atoms with van der Waals surface area (Å²) in [5.74, 6) is -0.275. The number of hydrogen-bond donors (Lipinski definition) is 2. The minimum absolute atomic E-state index is 0.0392. The number of amides is 2. The molecule has 0 radical (unpaired) electrons. The quantitative estimate of drug-likeness (QED) is 0.818. The fraction of sp³-hybridized carbons (Fsp3) is 0.467. The summed E-state index contributed by atoms with van der Waals surface area (Å²) >= 11 is 0. The van der Waals surface area contributed by atoms with Crippen LogP contribution >= 0.6 is 0 Å². The zero-order valence-electron chi connectivity index (χ0n) is 11.8. The Kier molecular flexibility index (Phi) is 5.55. The molecule has 0 spiro atoms. The minimum Gasteiger partial charge on any atom is -0.354 e. The predicted molar refractivity (Wildman–Crippen MR) is 75.8 cm³/mol. The molecule has 0 atom stereocenters. The van der Waals surface area contributed by atoms with E-state index in [2.05, 4.69) is 24.5 Å². The maximum atomic E-state index is 11.6. The maximum absolute atomic E-state index is 11.6. The van der Waals surface area contributed by atoms with Gasteiger partial charge < -0.3 is 10.6 Å². The second kappa shape index (κ2) is 6.92. The lowest BCUT2D eigenvalue weighted by Crippen LogP contribution is -2.42. The van der Waals surface area contributed by atoms with Crippen LogP contribution in [-0.2, 0) is 15.0 Å². The Hall–Kier alpha value is -1.84. The van der Waals surface area contributed by atoms with Crippen LogP contribution in [0.5, 0.6) is 0 Å². The molecule has 1 aromatic carbocycles. The second-order valence-electron chi connectivity index (χ2n) is 5.16. The van der Waals surface area contributed by atoms with Crippen LogP contribution in [0.4, 0.5) is 0 Å². The molecule has 0 aliphatic carbocycles. The molecule has 0 fully saturated rings. The number of carbonyl (C=O) groups is 2. The summed E-state index contributed by atoms with van der Waals surface area (Å²) in [5.41, 5.74) is 1.04. The summed E-state index contributed by atoms with van der Waals surface area (Å²) in [4.78, 5) is 22.7. The number of rotatable bonds is 6. The van der Waals surface area contributed by atoms with Crippen LogP contribution in [0.3, 0.4) is 0 Å². The molecule has 4 heteroatoms. The van der Waals surface area contributed by atoms with Crippen LogP contribution in [0.1, 0.15) is 32.8 Å². The van der Waals surface area contributed by atoms with Gasteiger partial charge in [0.05, 0.1) is 6.54 Å². The van der Waals surface area contributed by atoms with E-state index in [0.717, 1.165) is 0 Å². The zero-order valence-corrected chi connectivity index (χ0v) is 11.8. The van der Waals surface area contributed by atoms with E-state index in [4.69, 9.17) is 0 Å².